The zero-order valence-corrected chi connectivity index (χ0v) is 14.0. The molecular weight excluding hydrogens is 320 g/mol. The van der Waals surface area contributed by atoms with Crippen molar-refractivity contribution in [3.05, 3.63) is 0 Å². The van der Waals surface area contributed by atoms with E-state index in [1.54, 1.807) is 0 Å². The van der Waals surface area contributed by atoms with Crippen LogP contribution in [0, 0.1) is 0 Å². The predicted molar refractivity (Wildman–Crippen MR) is 85.6 cm³/mol. The van der Waals surface area contributed by atoms with Gasteiger partial charge in [0.1, 0.15) is 30.3 Å². The van der Waals surface area contributed by atoms with Crippen molar-refractivity contribution in [2.45, 2.75) is 63.4 Å². The second kappa shape index (κ2) is 10.9. The molecule has 9 N–H and O–H groups in total. The molecule has 10 nitrogen and oxygen atoms in total. The van der Waals surface area contributed by atoms with Gasteiger partial charge in [0.15, 0.2) is 0 Å². The summed E-state index contributed by atoms with van der Waals surface area (Å²) < 4.78 is 9.92. The highest BCUT2D eigenvalue weighted by Gasteiger charge is 2.31. The van der Waals surface area contributed by atoms with Crippen LogP contribution in [0.15, 0.2) is 0 Å². The summed E-state index contributed by atoms with van der Waals surface area (Å²) in [5, 5.41) is 8.74. The third-order valence-electron chi connectivity index (χ3n) is 3.44. The maximum atomic E-state index is 11.9. The number of nitrogens with two attached hydrogens (primary N) is 4. The standard InChI is InChI=1S/C14H28N4O6/c1-7(10(17)12(19)20)24-14(22)11(18)8(2)23-13(21)9(16)5-3-4-6-15/h7-11H,3-6,15-18H2,1-2H3,(H,19,20)/t7-,8-,9+,10+,11+/m1/s1. The highest BCUT2D eigenvalue weighted by molar-refractivity contribution is 5.80. The number of rotatable bonds is 11. The number of carbonyl (C=O) groups is 3. The Balaban J connectivity index is 4.43. The smallest absolute Gasteiger partial charge is 0.327 e. The van der Waals surface area contributed by atoms with E-state index in [4.69, 9.17) is 37.5 Å². The number of carbonyl (C=O) groups excluding carboxylic acids is 2. The van der Waals surface area contributed by atoms with E-state index in [-0.39, 0.29) is 0 Å². The van der Waals surface area contributed by atoms with Crippen LogP contribution in [-0.2, 0) is 23.9 Å². The lowest BCUT2D eigenvalue weighted by Crippen LogP contribution is -2.49. The van der Waals surface area contributed by atoms with E-state index < -0.39 is 48.2 Å². The average molecular weight is 348 g/mol. The molecule has 24 heavy (non-hydrogen) atoms. The fourth-order valence-electron chi connectivity index (χ4n) is 1.70. The van der Waals surface area contributed by atoms with Gasteiger partial charge in [0, 0.05) is 0 Å². The minimum absolute atomic E-state index is 0.410. The van der Waals surface area contributed by atoms with Crippen LogP contribution in [0.4, 0.5) is 0 Å². The predicted octanol–water partition coefficient (Wildman–Crippen LogP) is -1.95. The summed E-state index contributed by atoms with van der Waals surface area (Å²) in [6.45, 7) is 3.25. The Bertz CT molecular complexity index is 433. The first-order chi connectivity index (χ1) is 11.1. The van der Waals surface area contributed by atoms with E-state index in [1.807, 2.05) is 0 Å². The molecule has 0 aliphatic rings. The van der Waals surface area contributed by atoms with Crippen molar-refractivity contribution in [2.24, 2.45) is 22.9 Å². The molecule has 5 atom stereocenters. The molecule has 0 saturated carbocycles. The summed E-state index contributed by atoms with van der Waals surface area (Å²) in [6.07, 6.45) is -0.238. The molecule has 0 aliphatic heterocycles. The normalized spacial score (nSPS) is 17.2. The van der Waals surface area contributed by atoms with E-state index in [0.29, 0.717) is 19.4 Å². The minimum Gasteiger partial charge on any atom is -0.480 e. The van der Waals surface area contributed by atoms with E-state index in [0.717, 1.165) is 6.42 Å². The molecule has 140 valence electrons. The number of aliphatic carboxylic acids is 1. The van der Waals surface area contributed by atoms with Gasteiger partial charge in [-0.1, -0.05) is 6.42 Å². The lowest BCUT2D eigenvalue weighted by atomic mass is 10.1. The summed E-state index contributed by atoms with van der Waals surface area (Å²) in [5.74, 6) is -2.92. The van der Waals surface area contributed by atoms with Gasteiger partial charge in [-0.25, -0.2) is 0 Å². The van der Waals surface area contributed by atoms with Crippen LogP contribution < -0.4 is 22.9 Å². The van der Waals surface area contributed by atoms with E-state index in [9.17, 15) is 14.4 Å². The molecule has 0 fully saturated rings. The third kappa shape index (κ3) is 7.68. The molecule has 0 aliphatic carbocycles. The van der Waals surface area contributed by atoms with Gasteiger partial charge >= 0.3 is 17.9 Å². The van der Waals surface area contributed by atoms with Crippen LogP contribution >= 0.6 is 0 Å². The molecule has 0 aromatic rings. The van der Waals surface area contributed by atoms with Gasteiger partial charge < -0.3 is 37.5 Å². The van der Waals surface area contributed by atoms with Crippen LogP contribution in [0.3, 0.4) is 0 Å². The second-order valence-corrected chi connectivity index (χ2v) is 5.56. The molecule has 10 heteroatoms. The number of carboxylic acids is 1. The van der Waals surface area contributed by atoms with Gasteiger partial charge in [0.05, 0.1) is 0 Å². The Morgan fingerprint density at radius 1 is 0.917 bits per heavy atom. The van der Waals surface area contributed by atoms with Crippen molar-refractivity contribution in [3.63, 3.8) is 0 Å². The van der Waals surface area contributed by atoms with Crippen molar-refractivity contribution in [1.82, 2.24) is 0 Å². The molecule has 0 saturated heterocycles. The molecule has 0 aromatic heterocycles. The van der Waals surface area contributed by atoms with Crippen LogP contribution in [0.1, 0.15) is 33.1 Å². The van der Waals surface area contributed by atoms with E-state index in [1.165, 1.54) is 13.8 Å². The number of ether oxygens (including phenoxy) is 2. The van der Waals surface area contributed by atoms with Gasteiger partial charge in [-0.2, -0.15) is 0 Å². The minimum atomic E-state index is -1.38. The first-order valence-electron chi connectivity index (χ1n) is 7.72. The summed E-state index contributed by atoms with van der Waals surface area (Å²) in [6, 6.07) is -3.50. The van der Waals surface area contributed by atoms with Crippen molar-refractivity contribution >= 4 is 17.9 Å². The lowest BCUT2D eigenvalue weighted by Gasteiger charge is -2.23. The Morgan fingerprint density at radius 2 is 1.42 bits per heavy atom. The van der Waals surface area contributed by atoms with Crippen molar-refractivity contribution in [1.29, 1.82) is 0 Å². The fourth-order valence-corrected chi connectivity index (χ4v) is 1.70. The summed E-state index contributed by atoms with van der Waals surface area (Å²) in [7, 11) is 0. The molecule has 0 aromatic carbocycles. The van der Waals surface area contributed by atoms with Gasteiger partial charge in [0.25, 0.3) is 0 Å². The first kappa shape index (κ1) is 22.2. The SMILES string of the molecule is C[C@@H](OC(=O)[C@@H](N)[C@@H](C)OC(=O)[C@@H](N)CCCCN)[C@H](N)C(=O)O. The fraction of sp³-hybridized carbons (Fsp3) is 0.786. The topological polar surface area (TPSA) is 194 Å². The Morgan fingerprint density at radius 3 is 1.92 bits per heavy atom. The Kier molecular flexibility index (Phi) is 10.1. The van der Waals surface area contributed by atoms with E-state index >= 15 is 0 Å². The molecule has 0 amide bonds. The second-order valence-electron chi connectivity index (χ2n) is 5.56. The van der Waals surface area contributed by atoms with Crippen molar-refractivity contribution in [2.75, 3.05) is 6.54 Å². The molecular formula is C14H28N4O6. The van der Waals surface area contributed by atoms with Crippen LogP contribution in [0.25, 0.3) is 0 Å². The maximum Gasteiger partial charge on any atom is 0.327 e. The zero-order valence-electron chi connectivity index (χ0n) is 14.0. The molecule has 0 heterocycles. The zero-order chi connectivity index (χ0) is 18.9. The lowest BCUT2D eigenvalue weighted by molar-refractivity contribution is -0.161. The summed E-state index contributed by atoms with van der Waals surface area (Å²) in [4.78, 5) is 34.4. The average Bonchev–Trinajstić information content (AvgIpc) is 2.52. The summed E-state index contributed by atoms with van der Waals surface area (Å²) in [5.41, 5.74) is 22.0. The van der Waals surface area contributed by atoms with Gasteiger partial charge in [-0.3, -0.25) is 14.4 Å². The highest BCUT2D eigenvalue weighted by atomic mass is 16.6. The molecule has 0 radical (unpaired) electrons. The monoisotopic (exact) mass is 348 g/mol. The largest absolute Gasteiger partial charge is 0.480 e. The Labute approximate surface area is 140 Å². The number of unbranched alkanes of at least 4 members (excludes halogenated alkanes) is 1. The summed E-state index contributed by atoms with van der Waals surface area (Å²) >= 11 is 0. The first-order valence-corrected chi connectivity index (χ1v) is 7.72. The highest BCUT2D eigenvalue weighted by Crippen LogP contribution is 2.07. The number of hydrogen-bond acceptors (Lipinski definition) is 9. The van der Waals surface area contributed by atoms with Crippen LogP contribution in [-0.4, -0.2) is 59.9 Å². The quantitative estimate of drug-likeness (QED) is 0.207. The van der Waals surface area contributed by atoms with Gasteiger partial charge in [0.2, 0.25) is 0 Å². The van der Waals surface area contributed by atoms with Crippen LogP contribution in [0.5, 0.6) is 0 Å². The van der Waals surface area contributed by atoms with E-state index in [2.05, 4.69) is 0 Å². The number of hydrogen-bond donors (Lipinski definition) is 5. The maximum absolute atomic E-state index is 11.9. The number of esters is 2. The molecule has 0 bridgehead atoms. The van der Waals surface area contributed by atoms with Gasteiger partial charge in [-0.15, -0.1) is 0 Å². The Hall–Kier alpha value is -1.75. The van der Waals surface area contributed by atoms with Crippen molar-refractivity contribution < 1.29 is 29.0 Å². The third-order valence-corrected chi connectivity index (χ3v) is 3.44. The number of carboxylic acid groups (broad SMARTS) is 1. The van der Waals surface area contributed by atoms with Crippen LogP contribution in [0.2, 0.25) is 0 Å². The van der Waals surface area contributed by atoms with Gasteiger partial charge in [-0.05, 0) is 33.2 Å². The van der Waals surface area contributed by atoms with Crippen molar-refractivity contribution in [3.8, 4) is 0 Å². The molecule has 0 unspecified atom stereocenters. The molecule has 0 rings (SSSR count). The molecule has 0 spiro atoms.